The topological polar surface area (TPSA) is 97.2 Å². The normalized spacial score (nSPS) is 18.3. The highest BCUT2D eigenvalue weighted by Crippen LogP contribution is 2.30. The van der Waals surface area contributed by atoms with Gasteiger partial charge in [0, 0.05) is 44.0 Å². The zero-order chi connectivity index (χ0) is 20.2. The second-order valence-corrected chi connectivity index (χ2v) is 6.93. The van der Waals surface area contributed by atoms with E-state index in [9.17, 15) is 14.9 Å². The van der Waals surface area contributed by atoms with Crippen molar-refractivity contribution in [1.82, 2.24) is 10.2 Å². The van der Waals surface area contributed by atoms with Crippen LogP contribution in [0.4, 0.5) is 16.2 Å². The largest absolute Gasteiger partial charge is 0.486 e. The van der Waals surface area contributed by atoms with Gasteiger partial charge >= 0.3 is 6.03 Å². The minimum absolute atomic E-state index is 0.0725. The summed E-state index contributed by atoms with van der Waals surface area (Å²) in [5.74, 6) is 1.41. The molecule has 2 aliphatic rings. The van der Waals surface area contributed by atoms with Crippen LogP contribution in [0.2, 0.25) is 0 Å². The van der Waals surface area contributed by atoms with Crippen molar-refractivity contribution >= 4 is 17.4 Å². The average molecular weight is 398 g/mol. The van der Waals surface area contributed by atoms with Crippen molar-refractivity contribution < 1.29 is 19.2 Å². The standard InChI is InChI=1S/C20H22N4O5/c25-20(21-13-17-14-28-18-3-1-2-4-19(18)29-17)23-11-9-22(10-12-23)15-5-7-16(8-6-15)24(26)27/h1-8,17H,9-14H2,(H,21,25). The molecule has 2 aliphatic heterocycles. The lowest BCUT2D eigenvalue weighted by Gasteiger charge is -2.36. The van der Waals surface area contributed by atoms with E-state index in [1.54, 1.807) is 17.0 Å². The molecule has 2 aromatic carbocycles. The van der Waals surface area contributed by atoms with E-state index in [0.29, 0.717) is 45.1 Å². The number of anilines is 1. The predicted molar refractivity (Wildman–Crippen MR) is 107 cm³/mol. The number of benzene rings is 2. The van der Waals surface area contributed by atoms with Crippen molar-refractivity contribution in [2.75, 3.05) is 44.2 Å². The van der Waals surface area contributed by atoms with Gasteiger partial charge in [-0.2, -0.15) is 0 Å². The van der Waals surface area contributed by atoms with E-state index in [1.165, 1.54) is 12.1 Å². The molecular weight excluding hydrogens is 376 g/mol. The van der Waals surface area contributed by atoms with Gasteiger partial charge in [0.1, 0.15) is 6.61 Å². The summed E-state index contributed by atoms with van der Waals surface area (Å²) < 4.78 is 11.5. The Morgan fingerprint density at radius 1 is 1.07 bits per heavy atom. The zero-order valence-corrected chi connectivity index (χ0v) is 15.8. The fourth-order valence-corrected chi connectivity index (χ4v) is 3.43. The Kier molecular flexibility index (Phi) is 5.37. The highest BCUT2D eigenvalue weighted by molar-refractivity contribution is 5.74. The maximum Gasteiger partial charge on any atom is 0.317 e. The molecule has 2 heterocycles. The van der Waals surface area contributed by atoms with E-state index in [1.807, 2.05) is 24.3 Å². The van der Waals surface area contributed by atoms with Gasteiger partial charge in [0.15, 0.2) is 17.6 Å². The van der Waals surface area contributed by atoms with Crippen LogP contribution >= 0.6 is 0 Å². The van der Waals surface area contributed by atoms with Gasteiger partial charge in [0.05, 0.1) is 11.5 Å². The molecule has 0 spiro atoms. The first-order valence-corrected chi connectivity index (χ1v) is 9.51. The van der Waals surface area contributed by atoms with Crippen LogP contribution in [-0.2, 0) is 0 Å². The Bertz CT molecular complexity index is 881. The molecule has 1 atom stereocenters. The Labute approximate surface area is 168 Å². The number of nitro benzene ring substituents is 1. The highest BCUT2D eigenvalue weighted by Gasteiger charge is 2.24. The smallest absolute Gasteiger partial charge is 0.317 e. The molecule has 0 radical (unpaired) electrons. The van der Waals surface area contributed by atoms with Crippen LogP contribution in [0.3, 0.4) is 0 Å². The highest BCUT2D eigenvalue weighted by atomic mass is 16.6. The Morgan fingerprint density at radius 2 is 1.76 bits per heavy atom. The average Bonchev–Trinajstić information content (AvgIpc) is 2.77. The van der Waals surface area contributed by atoms with Gasteiger partial charge in [-0.1, -0.05) is 12.1 Å². The van der Waals surface area contributed by atoms with Crippen LogP contribution in [0.1, 0.15) is 0 Å². The summed E-state index contributed by atoms with van der Waals surface area (Å²) in [7, 11) is 0. The number of nitrogens with one attached hydrogen (secondary N) is 1. The van der Waals surface area contributed by atoms with E-state index in [4.69, 9.17) is 9.47 Å². The van der Waals surface area contributed by atoms with E-state index in [2.05, 4.69) is 10.2 Å². The lowest BCUT2D eigenvalue weighted by molar-refractivity contribution is -0.384. The SMILES string of the molecule is O=C(NCC1COc2ccccc2O1)N1CCN(c2ccc([N+](=O)[O-])cc2)CC1. The van der Waals surface area contributed by atoms with Crippen LogP contribution < -0.4 is 19.7 Å². The van der Waals surface area contributed by atoms with Crippen molar-refractivity contribution in [3.8, 4) is 11.5 Å². The summed E-state index contributed by atoms with van der Waals surface area (Å²) in [6.07, 6.45) is -0.227. The molecule has 1 unspecified atom stereocenters. The third-order valence-corrected chi connectivity index (χ3v) is 5.04. The van der Waals surface area contributed by atoms with Gasteiger partial charge in [0.2, 0.25) is 0 Å². The number of nitrogens with zero attached hydrogens (tertiary/aromatic N) is 3. The third-order valence-electron chi connectivity index (χ3n) is 5.04. The van der Waals surface area contributed by atoms with Gasteiger partial charge in [0.25, 0.3) is 5.69 Å². The van der Waals surface area contributed by atoms with Crippen LogP contribution in [0.25, 0.3) is 0 Å². The number of carbonyl (C=O) groups excluding carboxylic acids is 1. The molecule has 9 heteroatoms. The summed E-state index contributed by atoms with van der Waals surface area (Å²) in [6.45, 7) is 3.26. The van der Waals surface area contributed by atoms with Gasteiger partial charge < -0.3 is 24.6 Å². The minimum atomic E-state index is -0.411. The minimum Gasteiger partial charge on any atom is -0.486 e. The molecule has 29 heavy (non-hydrogen) atoms. The molecule has 1 N–H and O–H groups in total. The Morgan fingerprint density at radius 3 is 2.45 bits per heavy atom. The molecule has 4 rings (SSSR count). The van der Waals surface area contributed by atoms with Crippen LogP contribution in [-0.4, -0.2) is 61.3 Å². The van der Waals surface area contributed by atoms with Gasteiger partial charge in [-0.15, -0.1) is 0 Å². The number of nitro groups is 1. The van der Waals surface area contributed by atoms with Crippen LogP contribution in [0, 0.1) is 10.1 Å². The summed E-state index contributed by atoms with van der Waals surface area (Å²) in [4.78, 5) is 26.7. The first-order chi connectivity index (χ1) is 14.1. The first kappa shape index (κ1) is 18.9. The van der Waals surface area contributed by atoms with Crippen LogP contribution in [0.15, 0.2) is 48.5 Å². The number of carbonyl (C=O) groups is 1. The number of amides is 2. The molecule has 152 valence electrons. The molecule has 2 aromatic rings. The molecule has 2 amide bonds. The second kappa shape index (κ2) is 8.26. The predicted octanol–water partition coefficient (Wildman–Crippen LogP) is 2.27. The van der Waals surface area contributed by atoms with E-state index in [0.717, 1.165) is 11.4 Å². The van der Waals surface area contributed by atoms with Gasteiger partial charge in [-0.3, -0.25) is 10.1 Å². The second-order valence-electron chi connectivity index (χ2n) is 6.93. The number of rotatable bonds is 4. The number of hydrogen-bond donors (Lipinski definition) is 1. The fraction of sp³-hybridized carbons (Fsp3) is 0.350. The summed E-state index contributed by atoms with van der Waals surface area (Å²) in [5.41, 5.74) is 0.991. The van der Waals surface area contributed by atoms with E-state index in [-0.39, 0.29) is 17.8 Å². The van der Waals surface area contributed by atoms with Crippen molar-refractivity contribution in [2.24, 2.45) is 0 Å². The third kappa shape index (κ3) is 4.34. The summed E-state index contributed by atoms with van der Waals surface area (Å²) in [6, 6.07) is 13.8. The number of fused-ring (bicyclic) bond motifs is 1. The van der Waals surface area contributed by atoms with Crippen molar-refractivity contribution in [3.05, 3.63) is 58.6 Å². The van der Waals surface area contributed by atoms with Gasteiger partial charge in [-0.05, 0) is 24.3 Å². The molecule has 9 nitrogen and oxygen atoms in total. The molecule has 1 fully saturated rings. The van der Waals surface area contributed by atoms with Gasteiger partial charge in [-0.25, -0.2) is 4.79 Å². The van der Waals surface area contributed by atoms with Crippen LogP contribution in [0.5, 0.6) is 11.5 Å². The molecule has 0 bridgehead atoms. The molecule has 0 saturated carbocycles. The molecule has 0 aromatic heterocycles. The lowest BCUT2D eigenvalue weighted by Crippen LogP contribution is -2.53. The van der Waals surface area contributed by atoms with E-state index < -0.39 is 4.92 Å². The Balaban J connectivity index is 1.24. The van der Waals surface area contributed by atoms with Crippen molar-refractivity contribution in [1.29, 1.82) is 0 Å². The number of piperazine rings is 1. The maximum absolute atomic E-state index is 12.5. The lowest BCUT2D eigenvalue weighted by atomic mass is 10.2. The quantitative estimate of drug-likeness (QED) is 0.627. The number of para-hydroxylation sites is 2. The molecular formula is C20H22N4O5. The number of hydrogen-bond acceptors (Lipinski definition) is 6. The number of non-ortho nitro benzene ring substituents is 1. The summed E-state index contributed by atoms with van der Waals surface area (Å²) in [5, 5.41) is 13.7. The fourth-order valence-electron chi connectivity index (χ4n) is 3.43. The number of ether oxygens (including phenoxy) is 2. The molecule has 0 aliphatic carbocycles. The monoisotopic (exact) mass is 398 g/mol. The Hall–Kier alpha value is -3.49. The maximum atomic E-state index is 12.5. The van der Waals surface area contributed by atoms with Crippen molar-refractivity contribution in [2.45, 2.75) is 6.10 Å². The summed E-state index contributed by atoms with van der Waals surface area (Å²) >= 11 is 0. The van der Waals surface area contributed by atoms with E-state index >= 15 is 0 Å². The molecule has 1 saturated heterocycles. The number of urea groups is 1. The van der Waals surface area contributed by atoms with Crippen molar-refractivity contribution in [3.63, 3.8) is 0 Å². The first-order valence-electron chi connectivity index (χ1n) is 9.51. The zero-order valence-electron chi connectivity index (χ0n) is 15.8.